The Labute approximate surface area is 136 Å². The molecule has 1 aromatic rings. The number of anilines is 1. The summed E-state index contributed by atoms with van der Waals surface area (Å²) in [6.07, 6.45) is 1.19. The molecule has 0 aliphatic rings. The van der Waals surface area contributed by atoms with Crippen LogP contribution in [0.25, 0.3) is 0 Å². The number of nitro groups is 1. The Bertz CT molecular complexity index is 549. The van der Waals surface area contributed by atoms with Crippen LogP contribution >= 0.6 is 11.6 Å². The minimum Gasteiger partial charge on any atom is -0.415 e. The lowest BCUT2D eigenvalue weighted by atomic mass is 10.2. The number of nitrogens with one attached hydrogen (secondary N) is 1. The van der Waals surface area contributed by atoms with Gasteiger partial charge in [-0.3, -0.25) is 10.1 Å². The monoisotopic (exact) mass is 346 g/mol. The summed E-state index contributed by atoms with van der Waals surface area (Å²) in [6, 6.07) is -0.140. The molecule has 1 aromatic heterocycles. The number of hydrogen-bond donors (Lipinski definition) is 1. The van der Waals surface area contributed by atoms with Crippen LogP contribution < -0.4 is 5.32 Å². The number of hydrogen-bond acceptors (Lipinski definition) is 6. The topological polar surface area (TPSA) is 90.2 Å². The van der Waals surface area contributed by atoms with Gasteiger partial charge in [0.15, 0.2) is 8.32 Å². The number of halogens is 1. The molecule has 0 fully saturated rings. The van der Waals surface area contributed by atoms with E-state index in [1.54, 1.807) is 0 Å². The van der Waals surface area contributed by atoms with Gasteiger partial charge in [-0.2, -0.15) is 0 Å². The van der Waals surface area contributed by atoms with Crippen LogP contribution in [-0.2, 0) is 4.43 Å². The highest BCUT2D eigenvalue weighted by molar-refractivity contribution is 6.74. The fourth-order valence-electron chi connectivity index (χ4n) is 1.45. The van der Waals surface area contributed by atoms with Crippen molar-refractivity contribution in [3.8, 4) is 0 Å². The van der Waals surface area contributed by atoms with E-state index in [1.807, 2.05) is 6.92 Å². The molecule has 9 heteroatoms. The van der Waals surface area contributed by atoms with Crippen LogP contribution in [0.5, 0.6) is 0 Å². The second kappa shape index (κ2) is 6.89. The zero-order chi connectivity index (χ0) is 17.1. The first-order valence-electron chi connectivity index (χ1n) is 7.01. The maximum atomic E-state index is 11.0. The Morgan fingerprint density at radius 1 is 1.45 bits per heavy atom. The molecule has 0 aliphatic carbocycles. The first-order chi connectivity index (χ1) is 9.95. The molecular formula is C13H23ClN4O3Si. The van der Waals surface area contributed by atoms with Crippen LogP contribution in [0.1, 0.15) is 27.7 Å². The van der Waals surface area contributed by atoms with Crippen molar-refractivity contribution in [3.63, 3.8) is 0 Å². The van der Waals surface area contributed by atoms with E-state index in [9.17, 15) is 10.1 Å². The van der Waals surface area contributed by atoms with Gasteiger partial charge < -0.3 is 9.74 Å². The van der Waals surface area contributed by atoms with Gasteiger partial charge in [-0.05, 0) is 25.1 Å². The first kappa shape index (κ1) is 18.8. The van der Waals surface area contributed by atoms with Crippen molar-refractivity contribution in [2.75, 3.05) is 11.9 Å². The molecule has 22 heavy (non-hydrogen) atoms. The summed E-state index contributed by atoms with van der Waals surface area (Å²) in [6.45, 7) is 13.1. The second-order valence-electron chi connectivity index (χ2n) is 6.74. The Kier molecular flexibility index (Phi) is 5.88. The van der Waals surface area contributed by atoms with Gasteiger partial charge in [-0.25, -0.2) is 9.97 Å². The predicted octanol–water partition coefficient (Wildman–Crippen LogP) is 3.86. The lowest BCUT2D eigenvalue weighted by Gasteiger charge is -2.37. The molecule has 0 bridgehead atoms. The number of aromatic nitrogens is 2. The average Bonchev–Trinajstić information content (AvgIpc) is 2.34. The van der Waals surface area contributed by atoms with Gasteiger partial charge in [-0.15, -0.1) is 0 Å². The van der Waals surface area contributed by atoms with E-state index in [0.29, 0.717) is 6.61 Å². The zero-order valence-corrected chi connectivity index (χ0v) is 15.6. The normalized spacial score (nSPS) is 13.8. The van der Waals surface area contributed by atoms with Gasteiger partial charge in [0, 0.05) is 6.04 Å². The lowest BCUT2D eigenvalue weighted by Crippen LogP contribution is -2.43. The van der Waals surface area contributed by atoms with Crippen molar-refractivity contribution in [2.45, 2.75) is 51.9 Å². The maximum Gasteiger partial charge on any atom is 0.348 e. The Morgan fingerprint density at radius 3 is 2.55 bits per heavy atom. The van der Waals surface area contributed by atoms with Crippen LogP contribution in [0.15, 0.2) is 6.33 Å². The van der Waals surface area contributed by atoms with E-state index < -0.39 is 13.2 Å². The van der Waals surface area contributed by atoms with Crippen molar-refractivity contribution < 1.29 is 9.35 Å². The molecule has 0 radical (unpaired) electrons. The summed E-state index contributed by atoms with van der Waals surface area (Å²) in [5, 5.41) is 14.0. The largest absolute Gasteiger partial charge is 0.415 e. The molecule has 1 N–H and O–H groups in total. The molecule has 7 nitrogen and oxygen atoms in total. The zero-order valence-electron chi connectivity index (χ0n) is 13.8. The lowest BCUT2D eigenvalue weighted by molar-refractivity contribution is -0.384. The van der Waals surface area contributed by atoms with Crippen LogP contribution in [-0.4, -0.2) is 35.9 Å². The highest BCUT2D eigenvalue weighted by Crippen LogP contribution is 2.36. The molecule has 0 spiro atoms. The fourth-order valence-corrected chi connectivity index (χ4v) is 2.75. The summed E-state index contributed by atoms with van der Waals surface area (Å²) in [5.74, 6) is 0.108. The molecule has 1 rings (SSSR count). The standard InChI is InChI=1S/C13H23ClN4O3Si/c1-9(7-21-22(5,6)13(2,3)4)17-12-10(18(19)20)11(14)15-8-16-12/h8-9H,7H2,1-6H3,(H,15,16,17)/t9-/m0/s1. The first-order valence-corrected chi connectivity index (χ1v) is 10.3. The third-order valence-corrected chi connectivity index (χ3v) is 8.62. The maximum absolute atomic E-state index is 11.0. The van der Waals surface area contributed by atoms with Crippen LogP contribution in [0, 0.1) is 10.1 Å². The van der Waals surface area contributed by atoms with E-state index in [2.05, 4.69) is 49.1 Å². The molecule has 0 aliphatic heterocycles. The van der Waals surface area contributed by atoms with Crippen LogP contribution in [0.2, 0.25) is 23.3 Å². The molecule has 0 saturated carbocycles. The van der Waals surface area contributed by atoms with Crippen molar-refractivity contribution >= 4 is 31.4 Å². The third-order valence-electron chi connectivity index (χ3n) is 3.84. The summed E-state index contributed by atoms with van der Waals surface area (Å²) in [5.41, 5.74) is -0.316. The Hall–Kier alpha value is -1.25. The highest BCUT2D eigenvalue weighted by atomic mass is 35.5. The highest BCUT2D eigenvalue weighted by Gasteiger charge is 2.37. The van der Waals surface area contributed by atoms with Crippen molar-refractivity contribution in [3.05, 3.63) is 21.6 Å². The second-order valence-corrected chi connectivity index (χ2v) is 11.9. The van der Waals surface area contributed by atoms with Crippen LogP contribution in [0.3, 0.4) is 0 Å². The number of nitrogens with zero attached hydrogens (tertiary/aromatic N) is 3. The molecule has 0 amide bonds. The average molecular weight is 347 g/mol. The molecule has 0 saturated heterocycles. The fraction of sp³-hybridized carbons (Fsp3) is 0.692. The van der Waals surface area contributed by atoms with Crippen molar-refractivity contribution in [2.24, 2.45) is 0 Å². The summed E-state index contributed by atoms with van der Waals surface area (Å²) in [4.78, 5) is 18.0. The van der Waals surface area contributed by atoms with Gasteiger partial charge in [-0.1, -0.05) is 32.4 Å². The Balaban J connectivity index is 2.77. The summed E-state index contributed by atoms with van der Waals surface area (Å²) in [7, 11) is -1.86. The quantitative estimate of drug-likeness (QED) is 0.364. The van der Waals surface area contributed by atoms with Crippen LogP contribution in [0.4, 0.5) is 11.5 Å². The van der Waals surface area contributed by atoms with Crippen molar-refractivity contribution in [1.29, 1.82) is 0 Å². The van der Waals surface area contributed by atoms with Gasteiger partial charge in [0.1, 0.15) is 6.33 Å². The van der Waals surface area contributed by atoms with E-state index in [1.165, 1.54) is 6.33 Å². The van der Waals surface area contributed by atoms with E-state index in [4.69, 9.17) is 16.0 Å². The number of rotatable bonds is 6. The summed E-state index contributed by atoms with van der Waals surface area (Å²) >= 11 is 5.76. The molecule has 124 valence electrons. The van der Waals surface area contributed by atoms with Gasteiger partial charge in [0.2, 0.25) is 11.0 Å². The minimum absolute atomic E-state index is 0.108. The van der Waals surface area contributed by atoms with Gasteiger partial charge in [0.05, 0.1) is 11.5 Å². The molecule has 1 heterocycles. The molecule has 0 aromatic carbocycles. The smallest absolute Gasteiger partial charge is 0.348 e. The van der Waals surface area contributed by atoms with E-state index in [-0.39, 0.29) is 27.7 Å². The summed E-state index contributed by atoms with van der Waals surface area (Å²) < 4.78 is 6.09. The Morgan fingerprint density at radius 2 is 2.05 bits per heavy atom. The molecular weight excluding hydrogens is 324 g/mol. The van der Waals surface area contributed by atoms with E-state index in [0.717, 1.165) is 0 Å². The third kappa shape index (κ3) is 4.62. The predicted molar refractivity (Wildman–Crippen MR) is 89.9 cm³/mol. The molecule has 0 unspecified atom stereocenters. The molecule has 1 atom stereocenters. The van der Waals surface area contributed by atoms with Gasteiger partial charge in [0.25, 0.3) is 0 Å². The van der Waals surface area contributed by atoms with Gasteiger partial charge >= 0.3 is 5.69 Å². The minimum atomic E-state index is -1.86. The van der Waals surface area contributed by atoms with Crippen molar-refractivity contribution in [1.82, 2.24) is 9.97 Å². The SMILES string of the molecule is C[C@@H](CO[Si](C)(C)C(C)(C)C)Nc1ncnc(Cl)c1[N+](=O)[O-]. The van der Waals surface area contributed by atoms with E-state index >= 15 is 0 Å².